The number of amides is 1. The van der Waals surface area contributed by atoms with Crippen molar-refractivity contribution < 1.29 is 24.3 Å². The van der Waals surface area contributed by atoms with E-state index in [0.717, 1.165) is 13.1 Å². The standard InChI is InChI=1S/C26H33N3O4/c1-5-28(6-2)15-16-29-23(19-11-13-27-14-12-19)22(25(31)26(29)32)24(30)20-7-9-21(10-8-20)33-17-18(3)4/h7-14,18,23,30H,5-6,15-17H2,1-4H3. The highest BCUT2D eigenvalue weighted by atomic mass is 16.5. The summed E-state index contributed by atoms with van der Waals surface area (Å²) >= 11 is 0. The van der Waals surface area contributed by atoms with Gasteiger partial charge in [0, 0.05) is 18.0 Å². The van der Waals surface area contributed by atoms with E-state index in [1.807, 2.05) is 0 Å². The number of hydrogen-bond donors (Lipinski definition) is 1. The first-order chi connectivity index (χ1) is 15.9. The molecule has 1 aliphatic heterocycles. The molecule has 33 heavy (non-hydrogen) atoms. The number of quaternary nitrogens is 1. The van der Waals surface area contributed by atoms with Gasteiger partial charge in [-0.1, -0.05) is 31.7 Å². The van der Waals surface area contributed by atoms with Crippen molar-refractivity contribution in [2.24, 2.45) is 5.92 Å². The molecule has 0 spiro atoms. The van der Waals surface area contributed by atoms with Crippen LogP contribution in [0.2, 0.25) is 0 Å². The van der Waals surface area contributed by atoms with Crippen LogP contribution in [0.15, 0.2) is 54.4 Å². The van der Waals surface area contributed by atoms with Gasteiger partial charge in [-0.05, 0) is 55.2 Å². The number of nitrogens with one attached hydrogen (secondary N) is 1. The second-order valence-electron chi connectivity index (χ2n) is 8.69. The monoisotopic (exact) mass is 451 g/mol. The van der Waals surface area contributed by atoms with Gasteiger partial charge in [-0.25, -0.2) is 0 Å². The zero-order chi connectivity index (χ0) is 24.0. The van der Waals surface area contributed by atoms with E-state index in [2.05, 4.69) is 32.7 Å². The average Bonchev–Trinajstić information content (AvgIpc) is 3.08. The maximum absolute atomic E-state index is 13.5. The van der Waals surface area contributed by atoms with Crippen molar-refractivity contribution in [3.63, 3.8) is 0 Å². The van der Waals surface area contributed by atoms with E-state index in [-0.39, 0.29) is 5.57 Å². The zero-order valence-electron chi connectivity index (χ0n) is 19.8. The molecule has 176 valence electrons. The third kappa shape index (κ3) is 5.60. The fourth-order valence-electron chi connectivity index (χ4n) is 4.00. The van der Waals surface area contributed by atoms with Crippen LogP contribution in [0.5, 0.6) is 5.75 Å². The molecule has 0 aliphatic carbocycles. The fraction of sp³-hybridized carbons (Fsp3) is 0.423. The number of Topliss-reactive ketones (excluding diaryl/α,β-unsaturated/α-hetero) is 1. The van der Waals surface area contributed by atoms with Crippen molar-refractivity contribution in [1.82, 2.24) is 9.88 Å². The molecule has 1 aliphatic rings. The van der Waals surface area contributed by atoms with Gasteiger partial charge in [-0.2, -0.15) is 0 Å². The van der Waals surface area contributed by atoms with Gasteiger partial charge in [0.25, 0.3) is 5.91 Å². The first-order valence-electron chi connectivity index (χ1n) is 11.6. The van der Waals surface area contributed by atoms with Gasteiger partial charge in [0.05, 0.1) is 38.8 Å². The number of carbonyl (C=O) groups is 2. The summed E-state index contributed by atoms with van der Waals surface area (Å²) in [5.41, 5.74) is 1.06. The molecular weight excluding hydrogens is 418 g/mol. The molecule has 7 heteroatoms. The first kappa shape index (κ1) is 24.5. The maximum atomic E-state index is 13.5. The molecule has 1 unspecified atom stereocenters. The second kappa shape index (κ2) is 11.1. The topological polar surface area (TPSA) is 87.0 Å². The Kier molecular flexibility index (Phi) is 8.22. The Balaban J connectivity index is 1.98. The van der Waals surface area contributed by atoms with Gasteiger partial charge in [0.1, 0.15) is 5.75 Å². The van der Waals surface area contributed by atoms with Crippen molar-refractivity contribution >= 4 is 17.4 Å². The number of hydrogen-bond acceptors (Lipinski definition) is 5. The number of ether oxygens (including phenoxy) is 1. The van der Waals surface area contributed by atoms with Crippen LogP contribution in [0.4, 0.5) is 0 Å². The number of carbonyl (C=O) groups excluding carboxylic acids is 2. The molecule has 1 aromatic carbocycles. The molecule has 1 aromatic heterocycles. The van der Waals surface area contributed by atoms with Crippen LogP contribution in [0, 0.1) is 5.92 Å². The SMILES string of the molecule is CC[NH+](CC)CCN1C(=O)C(=O)C(=C([O-])c2ccc(OCC(C)C)cc2)C1c1ccncc1. The molecule has 7 nitrogen and oxygen atoms in total. The summed E-state index contributed by atoms with van der Waals surface area (Å²) in [4.78, 5) is 32.9. The van der Waals surface area contributed by atoms with Crippen LogP contribution < -0.4 is 14.7 Å². The van der Waals surface area contributed by atoms with Gasteiger partial charge in [-0.15, -0.1) is 0 Å². The number of rotatable bonds is 10. The minimum Gasteiger partial charge on any atom is -0.872 e. The Bertz CT molecular complexity index is 982. The Morgan fingerprint density at radius 2 is 1.73 bits per heavy atom. The summed E-state index contributed by atoms with van der Waals surface area (Å²) < 4.78 is 5.69. The second-order valence-corrected chi connectivity index (χ2v) is 8.69. The third-order valence-corrected chi connectivity index (χ3v) is 5.96. The predicted octanol–water partition coefficient (Wildman–Crippen LogP) is 1.27. The fourth-order valence-corrected chi connectivity index (χ4v) is 4.00. The normalized spacial score (nSPS) is 17.9. The molecule has 3 rings (SSSR count). The maximum Gasteiger partial charge on any atom is 0.295 e. The molecule has 1 amide bonds. The van der Waals surface area contributed by atoms with Crippen molar-refractivity contribution in [2.75, 3.05) is 32.8 Å². The molecule has 0 bridgehead atoms. The highest BCUT2D eigenvalue weighted by Gasteiger charge is 2.44. The summed E-state index contributed by atoms with van der Waals surface area (Å²) in [6.07, 6.45) is 3.22. The lowest BCUT2D eigenvalue weighted by Crippen LogP contribution is -3.12. The molecule has 1 fully saturated rings. The molecule has 2 heterocycles. The van der Waals surface area contributed by atoms with Crippen LogP contribution in [0.25, 0.3) is 5.76 Å². The largest absolute Gasteiger partial charge is 0.872 e. The highest BCUT2D eigenvalue weighted by molar-refractivity contribution is 6.46. The number of likely N-dealkylation sites (N-methyl/N-ethyl adjacent to an activating group) is 1. The van der Waals surface area contributed by atoms with E-state index < -0.39 is 23.5 Å². The number of benzene rings is 1. The number of ketones is 1. The minimum absolute atomic E-state index is 0.00315. The molecule has 1 N–H and O–H groups in total. The summed E-state index contributed by atoms with van der Waals surface area (Å²) in [7, 11) is 0. The third-order valence-electron chi connectivity index (χ3n) is 5.96. The lowest BCUT2D eigenvalue weighted by Gasteiger charge is -2.28. The molecule has 1 saturated heterocycles. The van der Waals surface area contributed by atoms with Gasteiger partial charge in [0.15, 0.2) is 0 Å². The molecule has 0 saturated carbocycles. The van der Waals surface area contributed by atoms with Crippen LogP contribution in [0.3, 0.4) is 0 Å². The van der Waals surface area contributed by atoms with E-state index in [4.69, 9.17) is 4.74 Å². The Morgan fingerprint density at radius 3 is 2.30 bits per heavy atom. The number of pyridine rings is 1. The number of likely N-dealkylation sites (tertiary alicyclic amines) is 1. The molecule has 1 atom stereocenters. The minimum atomic E-state index is -0.725. The van der Waals surface area contributed by atoms with Crippen LogP contribution in [-0.4, -0.2) is 54.4 Å². The summed E-state index contributed by atoms with van der Waals surface area (Å²) in [6, 6.07) is 9.53. The Morgan fingerprint density at radius 1 is 1.09 bits per heavy atom. The van der Waals surface area contributed by atoms with E-state index >= 15 is 0 Å². The first-order valence-corrected chi connectivity index (χ1v) is 11.6. The number of aromatic nitrogens is 1. The van der Waals surface area contributed by atoms with Crippen molar-refractivity contribution in [1.29, 1.82) is 0 Å². The number of nitrogens with zero attached hydrogens (tertiary/aromatic N) is 2. The van der Waals surface area contributed by atoms with Gasteiger partial charge >= 0.3 is 0 Å². The van der Waals surface area contributed by atoms with Crippen molar-refractivity contribution in [3.05, 3.63) is 65.5 Å². The lowest BCUT2D eigenvalue weighted by molar-refractivity contribution is -0.895. The van der Waals surface area contributed by atoms with Crippen molar-refractivity contribution in [3.8, 4) is 5.75 Å². The summed E-state index contributed by atoms with van der Waals surface area (Å²) in [5.74, 6) is -0.730. The zero-order valence-corrected chi connectivity index (χ0v) is 19.8. The quantitative estimate of drug-likeness (QED) is 0.334. The lowest BCUT2D eigenvalue weighted by atomic mass is 9.96. The van der Waals surface area contributed by atoms with Crippen LogP contribution >= 0.6 is 0 Å². The highest BCUT2D eigenvalue weighted by Crippen LogP contribution is 2.38. The molecule has 2 aromatic rings. The van der Waals surface area contributed by atoms with E-state index in [0.29, 0.717) is 42.5 Å². The summed E-state index contributed by atoms with van der Waals surface area (Å²) in [5, 5.41) is 13.5. The van der Waals surface area contributed by atoms with E-state index in [1.165, 1.54) is 9.80 Å². The Labute approximate surface area is 195 Å². The van der Waals surface area contributed by atoms with Gasteiger partial charge < -0.3 is 19.6 Å². The average molecular weight is 452 g/mol. The molecular formula is C26H33N3O4. The van der Waals surface area contributed by atoms with Crippen LogP contribution in [-0.2, 0) is 9.59 Å². The van der Waals surface area contributed by atoms with Crippen LogP contribution in [0.1, 0.15) is 44.9 Å². The van der Waals surface area contributed by atoms with Gasteiger partial charge in [0.2, 0.25) is 5.78 Å². The predicted molar refractivity (Wildman–Crippen MR) is 124 cm³/mol. The van der Waals surface area contributed by atoms with Crippen molar-refractivity contribution in [2.45, 2.75) is 33.7 Å². The smallest absolute Gasteiger partial charge is 0.295 e. The van der Waals surface area contributed by atoms with Gasteiger partial charge in [-0.3, -0.25) is 14.6 Å². The Hall–Kier alpha value is -3.19. The van der Waals surface area contributed by atoms with E-state index in [1.54, 1.807) is 48.8 Å². The summed E-state index contributed by atoms with van der Waals surface area (Å²) in [6.45, 7) is 11.8. The molecule has 0 radical (unpaired) electrons. The van der Waals surface area contributed by atoms with E-state index in [9.17, 15) is 14.7 Å².